The third-order valence-corrected chi connectivity index (χ3v) is 8.98. The highest BCUT2D eigenvalue weighted by Gasteiger charge is 2.21. The number of aryl methyl sites for hydroxylation is 1. The fraction of sp³-hybridized carbons (Fsp3) is 0.0968. The number of carbonyl (C=O) groups excluding carboxylic acids is 1. The zero-order chi connectivity index (χ0) is 36.5. The molecule has 0 unspecified atom stereocenters. The lowest BCUT2D eigenvalue weighted by atomic mass is 10.1. The molecule has 0 atom stereocenters. The maximum absolute atomic E-state index is 12.3. The Labute approximate surface area is 297 Å². The molecule has 0 saturated carbocycles. The van der Waals surface area contributed by atoms with E-state index in [0.29, 0.717) is 35.2 Å². The van der Waals surface area contributed by atoms with Crippen LogP contribution in [0.15, 0.2) is 120 Å². The molecule has 0 fully saturated rings. The summed E-state index contributed by atoms with van der Waals surface area (Å²) in [4.78, 5) is 15.7. The van der Waals surface area contributed by atoms with Crippen molar-refractivity contribution in [3.63, 3.8) is 0 Å². The number of pyridine rings is 1. The van der Waals surface area contributed by atoms with Crippen LogP contribution in [0.2, 0.25) is 0 Å². The number of carboxylic acids is 1. The molecule has 1 aromatic heterocycles. The number of phenols is 1. The van der Waals surface area contributed by atoms with Crippen LogP contribution in [0.25, 0.3) is 10.8 Å². The van der Waals surface area contributed by atoms with Crippen molar-refractivity contribution in [1.29, 1.82) is 0 Å². The van der Waals surface area contributed by atoms with Crippen molar-refractivity contribution in [3.05, 3.63) is 96.3 Å². The van der Waals surface area contributed by atoms with Crippen LogP contribution in [-0.2, 0) is 35.3 Å². The quantitative estimate of drug-likeness (QED) is 0.0135. The Bertz CT molecular complexity index is 2240. The van der Waals surface area contributed by atoms with E-state index in [-0.39, 0.29) is 56.6 Å². The molecule has 20 heteroatoms. The summed E-state index contributed by atoms with van der Waals surface area (Å²) in [5, 5.41) is 51.9. The normalized spacial score (nSPS) is 12.0. The molecule has 0 amide bonds. The third kappa shape index (κ3) is 9.61. The van der Waals surface area contributed by atoms with E-state index in [1.54, 1.807) is 22.9 Å². The number of carboxylic acid groups (broad SMARTS) is 1. The molecule has 0 radical (unpaired) electrons. The highest BCUT2D eigenvalue weighted by atomic mass is 32.2. The number of aromatic nitrogens is 1. The van der Waals surface area contributed by atoms with Gasteiger partial charge in [-0.25, -0.2) is 14.7 Å². The summed E-state index contributed by atoms with van der Waals surface area (Å²) >= 11 is 1.07. The van der Waals surface area contributed by atoms with Gasteiger partial charge in [-0.2, -0.15) is 17.9 Å². The molecule has 264 valence electrons. The largest absolute Gasteiger partial charge is 0.545 e. The van der Waals surface area contributed by atoms with Crippen LogP contribution in [0, 0.1) is 6.92 Å². The van der Waals surface area contributed by atoms with Crippen molar-refractivity contribution in [2.75, 3.05) is 12.3 Å². The minimum atomic E-state index is -4.86. The van der Waals surface area contributed by atoms with Gasteiger partial charge >= 0.3 is 0 Å². The molecule has 0 saturated heterocycles. The molecule has 0 spiro atoms. The Hall–Kier alpha value is -5.03. The molecular weight excluding hydrogens is 729 g/mol. The Morgan fingerprint density at radius 1 is 0.941 bits per heavy atom. The van der Waals surface area contributed by atoms with Gasteiger partial charge in [-0.1, -0.05) is 22.7 Å². The molecule has 17 nitrogen and oxygen atoms in total. The monoisotopic (exact) mass is 754 g/mol. The van der Waals surface area contributed by atoms with Gasteiger partial charge < -0.3 is 20.7 Å². The standard InChI is InChI=1S/C31H26N6O11S3/c1-18-4-6-20(7-5-18)33-35-28-23-16-26(50-48-46-41)29(30(38)22(23)9-10-24(28)32)36-34-25-11-8-21(15-27(25)51(42,43)44)49-47-45-14-13-37-12-2-3-19(17-37)31(39)40/h2-12,15-17H,13-14H2,1H3,(H5-,32,33,34,38,39,40,41,42,43,44). The summed E-state index contributed by atoms with van der Waals surface area (Å²) < 4.78 is 45.8. The molecule has 1 heterocycles. The Morgan fingerprint density at radius 3 is 2.43 bits per heavy atom. The predicted molar refractivity (Wildman–Crippen MR) is 180 cm³/mol. The summed E-state index contributed by atoms with van der Waals surface area (Å²) in [5.74, 6) is -1.77. The van der Waals surface area contributed by atoms with Gasteiger partial charge in [0.15, 0.2) is 24.7 Å². The van der Waals surface area contributed by atoms with Crippen LogP contribution < -0.4 is 15.4 Å². The van der Waals surface area contributed by atoms with Crippen LogP contribution in [0.1, 0.15) is 15.9 Å². The van der Waals surface area contributed by atoms with Crippen LogP contribution >= 0.6 is 24.1 Å². The number of nitrogen functional groups attached to an aromatic ring is 1. The number of aromatic carboxylic acids is 1. The van der Waals surface area contributed by atoms with E-state index in [1.807, 2.05) is 19.1 Å². The first-order chi connectivity index (χ1) is 24.4. The molecular formula is C31H26N6O11S3. The van der Waals surface area contributed by atoms with Gasteiger partial charge in [0.05, 0.1) is 51.9 Å². The number of phenolic OH excluding ortho intramolecular Hbond substituents is 1. The molecule has 5 N–H and O–H groups in total. The minimum Gasteiger partial charge on any atom is -0.545 e. The fourth-order valence-electron chi connectivity index (χ4n) is 4.43. The van der Waals surface area contributed by atoms with Gasteiger partial charge in [0.25, 0.3) is 10.1 Å². The van der Waals surface area contributed by atoms with E-state index in [1.165, 1.54) is 48.7 Å². The first-order valence-electron chi connectivity index (χ1n) is 14.4. The number of azo groups is 2. The van der Waals surface area contributed by atoms with Crippen molar-refractivity contribution in [2.45, 2.75) is 28.2 Å². The first kappa shape index (κ1) is 37.2. The van der Waals surface area contributed by atoms with E-state index < -0.39 is 26.7 Å². The molecule has 0 aliphatic carbocycles. The highest BCUT2D eigenvalue weighted by molar-refractivity contribution is 7.95. The van der Waals surface area contributed by atoms with Crippen molar-refractivity contribution >= 4 is 79.4 Å². The van der Waals surface area contributed by atoms with Crippen molar-refractivity contribution in [1.82, 2.24) is 0 Å². The third-order valence-electron chi connectivity index (χ3n) is 6.86. The van der Waals surface area contributed by atoms with Gasteiger partial charge in [-0.05, 0) is 61.5 Å². The minimum absolute atomic E-state index is 0.00402. The average molecular weight is 755 g/mol. The van der Waals surface area contributed by atoms with Crippen LogP contribution in [0.5, 0.6) is 5.75 Å². The van der Waals surface area contributed by atoms with Crippen molar-refractivity contribution in [3.8, 4) is 5.75 Å². The summed E-state index contributed by atoms with van der Waals surface area (Å²) in [7, 11) is -4.86. The zero-order valence-electron chi connectivity index (χ0n) is 26.1. The van der Waals surface area contributed by atoms with E-state index >= 15 is 0 Å². The van der Waals surface area contributed by atoms with Gasteiger partial charge in [0.1, 0.15) is 28.6 Å². The van der Waals surface area contributed by atoms with Crippen LogP contribution in [0.3, 0.4) is 0 Å². The number of anilines is 1. The van der Waals surface area contributed by atoms with Crippen molar-refractivity contribution in [2.24, 2.45) is 20.5 Å². The van der Waals surface area contributed by atoms with Crippen molar-refractivity contribution < 1.29 is 56.4 Å². The van der Waals surface area contributed by atoms with Gasteiger partial charge in [-0.3, -0.25) is 4.55 Å². The number of fused-ring (bicyclic) bond motifs is 1. The smallest absolute Gasteiger partial charge is 0.296 e. The fourth-order valence-corrected chi connectivity index (χ4v) is 6.12. The summed E-state index contributed by atoms with van der Waals surface area (Å²) in [6, 6.07) is 18.3. The van der Waals surface area contributed by atoms with E-state index in [4.69, 9.17) is 20.2 Å². The maximum atomic E-state index is 12.3. The molecule has 5 aromatic rings. The number of benzene rings is 4. The summed E-state index contributed by atoms with van der Waals surface area (Å²) in [6.07, 6.45) is 2.98. The van der Waals surface area contributed by atoms with Gasteiger partial charge in [0.2, 0.25) is 0 Å². The van der Waals surface area contributed by atoms with Gasteiger partial charge in [0, 0.05) is 21.7 Å². The number of nitrogens with two attached hydrogens (primary N) is 1. The lowest BCUT2D eigenvalue weighted by Gasteiger charge is -2.12. The zero-order valence-corrected chi connectivity index (χ0v) is 28.6. The average Bonchev–Trinajstić information content (AvgIpc) is 3.10. The van der Waals surface area contributed by atoms with Crippen LogP contribution in [-0.4, -0.2) is 35.9 Å². The Kier molecular flexibility index (Phi) is 12.3. The number of carbonyl (C=O) groups is 1. The number of nitrogens with zero attached hydrogens (tertiary/aromatic N) is 5. The molecule has 0 aliphatic rings. The number of hydrogen-bond acceptors (Lipinski definition) is 17. The van der Waals surface area contributed by atoms with Gasteiger partial charge in [-0.15, -0.1) is 19.7 Å². The lowest BCUT2D eigenvalue weighted by Crippen LogP contribution is -2.37. The predicted octanol–water partition coefficient (Wildman–Crippen LogP) is 6.25. The second-order valence-electron chi connectivity index (χ2n) is 10.3. The second-order valence-corrected chi connectivity index (χ2v) is 13.2. The highest BCUT2D eigenvalue weighted by Crippen LogP contribution is 2.48. The number of rotatable bonds is 15. The van der Waals surface area contributed by atoms with Crippen LogP contribution in [0.4, 0.5) is 28.4 Å². The second kappa shape index (κ2) is 16.8. The number of hydrogen-bond donors (Lipinski definition) is 4. The Morgan fingerprint density at radius 2 is 1.71 bits per heavy atom. The summed E-state index contributed by atoms with van der Waals surface area (Å²) in [5.41, 5.74) is 7.66. The molecule has 4 aromatic carbocycles. The summed E-state index contributed by atoms with van der Waals surface area (Å²) in [6.45, 7) is 2.15. The van der Waals surface area contributed by atoms with E-state index in [9.17, 15) is 28.0 Å². The topological polar surface area (TPSA) is 251 Å². The maximum Gasteiger partial charge on any atom is 0.296 e. The van der Waals surface area contributed by atoms with E-state index in [2.05, 4.69) is 29.8 Å². The number of aromatic hydroxyl groups is 1. The lowest BCUT2D eigenvalue weighted by molar-refractivity contribution is -0.700. The first-order valence-corrected chi connectivity index (χ1v) is 17.3. The molecule has 0 bridgehead atoms. The molecule has 51 heavy (non-hydrogen) atoms. The van der Waals surface area contributed by atoms with E-state index in [0.717, 1.165) is 11.6 Å². The molecule has 5 rings (SSSR count). The SMILES string of the molecule is Cc1ccc(N=Nc2c(N)ccc3c(O)c(N=Nc4ccc(SOOCC[n+]5cccc(C(=O)[O-])c5)cc4S(=O)(=O)O)c(SOOO)cc23)cc1. The molecule has 0 aliphatic heterocycles. The Balaban J connectivity index is 1.39.